The Hall–Kier alpha value is -1.19. The van der Waals surface area contributed by atoms with Crippen molar-refractivity contribution in [3.63, 3.8) is 0 Å². The molecule has 1 atom stereocenters. The predicted molar refractivity (Wildman–Crippen MR) is 71.2 cm³/mol. The normalized spacial score (nSPS) is 13.2. The van der Waals surface area contributed by atoms with E-state index in [0.717, 1.165) is 18.2 Å². The maximum Gasteiger partial charge on any atom is 0.324 e. The smallest absolute Gasteiger partial charge is 0.258 e. The van der Waals surface area contributed by atoms with Crippen LogP contribution in [0, 0.1) is 15.9 Å². The van der Waals surface area contributed by atoms with Crippen LogP contribution in [0.4, 0.5) is 10.1 Å². The number of para-hydroxylation sites is 1. The SMILES string of the molecule is CSC(C)CNS(=O)(=O)c1cccc(F)c1[N+](=O)[O-]. The van der Waals surface area contributed by atoms with Crippen LogP contribution in [0.3, 0.4) is 0 Å². The molecule has 0 aliphatic rings. The molecule has 1 unspecified atom stereocenters. The molecule has 0 aliphatic carbocycles. The number of hydrogen-bond acceptors (Lipinski definition) is 5. The van der Waals surface area contributed by atoms with Crippen LogP contribution >= 0.6 is 11.8 Å². The molecular weight excluding hydrogens is 295 g/mol. The standard InChI is InChI=1S/C10H13FN2O4S2/c1-7(18-2)6-12-19(16,17)9-5-3-4-8(11)10(9)13(14)15/h3-5,7,12H,6H2,1-2H3. The molecule has 0 saturated heterocycles. The Morgan fingerprint density at radius 1 is 1.53 bits per heavy atom. The number of nitro groups is 1. The van der Waals surface area contributed by atoms with Crippen molar-refractivity contribution in [3.8, 4) is 0 Å². The van der Waals surface area contributed by atoms with Gasteiger partial charge in [0.05, 0.1) is 4.92 Å². The van der Waals surface area contributed by atoms with Gasteiger partial charge in [0.1, 0.15) is 0 Å². The Morgan fingerprint density at radius 3 is 2.68 bits per heavy atom. The van der Waals surface area contributed by atoms with Crippen LogP contribution in [-0.4, -0.2) is 31.4 Å². The van der Waals surface area contributed by atoms with E-state index in [1.54, 1.807) is 6.92 Å². The molecule has 0 fully saturated rings. The van der Waals surface area contributed by atoms with E-state index in [2.05, 4.69) is 4.72 Å². The van der Waals surface area contributed by atoms with Gasteiger partial charge in [-0.1, -0.05) is 13.0 Å². The zero-order valence-electron chi connectivity index (χ0n) is 10.3. The zero-order valence-corrected chi connectivity index (χ0v) is 11.9. The second kappa shape index (κ2) is 6.31. The number of nitrogens with zero attached hydrogens (tertiary/aromatic N) is 1. The van der Waals surface area contributed by atoms with Gasteiger partial charge in [-0.25, -0.2) is 13.1 Å². The molecule has 19 heavy (non-hydrogen) atoms. The van der Waals surface area contributed by atoms with Gasteiger partial charge in [0, 0.05) is 11.8 Å². The minimum Gasteiger partial charge on any atom is -0.258 e. The molecule has 1 rings (SSSR count). The highest BCUT2D eigenvalue weighted by Crippen LogP contribution is 2.26. The average Bonchev–Trinajstić information content (AvgIpc) is 2.35. The van der Waals surface area contributed by atoms with E-state index in [1.807, 2.05) is 6.26 Å². The maximum atomic E-state index is 13.4. The Labute approximate surface area is 114 Å². The molecule has 0 saturated carbocycles. The van der Waals surface area contributed by atoms with Gasteiger partial charge in [-0.3, -0.25) is 10.1 Å². The lowest BCUT2D eigenvalue weighted by molar-refractivity contribution is -0.390. The number of sulfonamides is 1. The number of nitrogens with one attached hydrogen (secondary N) is 1. The third-order valence-electron chi connectivity index (χ3n) is 2.39. The fourth-order valence-corrected chi connectivity index (χ4v) is 2.94. The molecular formula is C10H13FN2O4S2. The minimum absolute atomic E-state index is 0.00221. The number of halogens is 1. The van der Waals surface area contributed by atoms with Crippen molar-refractivity contribution in [1.29, 1.82) is 0 Å². The van der Waals surface area contributed by atoms with Gasteiger partial charge in [-0.05, 0) is 18.4 Å². The summed E-state index contributed by atoms with van der Waals surface area (Å²) < 4.78 is 39.5. The van der Waals surface area contributed by atoms with Crippen LogP contribution in [0.2, 0.25) is 0 Å². The van der Waals surface area contributed by atoms with E-state index in [0.29, 0.717) is 0 Å². The first-order valence-corrected chi connectivity index (χ1v) is 8.02. The van der Waals surface area contributed by atoms with Crippen molar-refractivity contribution in [2.45, 2.75) is 17.1 Å². The molecule has 1 N–H and O–H groups in total. The van der Waals surface area contributed by atoms with Crippen LogP contribution in [-0.2, 0) is 10.0 Å². The van der Waals surface area contributed by atoms with E-state index >= 15 is 0 Å². The molecule has 106 valence electrons. The van der Waals surface area contributed by atoms with Gasteiger partial charge in [0.15, 0.2) is 4.90 Å². The Bertz CT molecular complexity index is 577. The second-order valence-corrected chi connectivity index (χ2v) is 6.75. The number of thioether (sulfide) groups is 1. The van der Waals surface area contributed by atoms with Crippen molar-refractivity contribution in [1.82, 2.24) is 4.72 Å². The van der Waals surface area contributed by atoms with Gasteiger partial charge in [-0.2, -0.15) is 16.2 Å². The molecule has 0 amide bonds. The van der Waals surface area contributed by atoms with Crippen LogP contribution in [0.1, 0.15) is 6.92 Å². The first kappa shape index (κ1) is 15.9. The Balaban J connectivity index is 3.15. The third-order valence-corrected chi connectivity index (χ3v) is 4.81. The molecule has 9 heteroatoms. The Kier molecular flexibility index (Phi) is 5.27. The van der Waals surface area contributed by atoms with Gasteiger partial charge < -0.3 is 0 Å². The summed E-state index contributed by atoms with van der Waals surface area (Å²) >= 11 is 1.44. The summed E-state index contributed by atoms with van der Waals surface area (Å²) in [4.78, 5) is 9.05. The van der Waals surface area contributed by atoms with Crippen LogP contribution in [0.5, 0.6) is 0 Å². The number of rotatable bonds is 6. The quantitative estimate of drug-likeness (QED) is 0.639. The first-order valence-electron chi connectivity index (χ1n) is 5.25. The highest BCUT2D eigenvalue weighted by Gasteiger charge is 2.29. The number of nitro benzene ring substituents is 1. The summed E-state index contributed by atoms with van der Waals surface area (Å²) in [5.74, 6) is -1.18. The van der Waals surface area contributed by atoms with E-state index in [-0.39, 0.29) is 11.8 Å². The third kappa shape index (κ3) is 3.88. The van der Waals surface area contributed by atoms with E-state index < -0.39 is 31.3 Å². The first-order chi connectivity index (χ1) is 8.79. The molecule has 1 aromatic carbocycles. The lowest BCUT2D eigenvalue weighted by atomic mass is 10.3. The number of benzene rings is 1. The molecule has 0 aromatic heterocycles. The van der Waals surface area contributed by atoms with Crippen molar-refractivity contribution >= 4 is 27.5 Å². The minimum atomic E-state index is -4.11. The van der Waals surface area contributed by atoms with Crippen molar-refractivity contribution in [3.05, 3.63) is 34.1 Å². The Morgan fingerprint density at radius 2 is 2.16 bits per heavy atom. The van der Waals surface area contributed by atoms with E-state index in [1.165, 1.54) is 11.8 Å². The monoisotopic (exact) mass is 308 g/mol. The van der Waals surface area contributed by atoms with E-state index in [9.17, 15) is 22.9 Å². The molecule has 1 aromatic rings. The largest absolute Gasteiger partial charge is 0.324 e. The summed E-state index contributed by atoms with van der Waals surface area (Å²) in [6.07, 6.45) is 1.81. The molecule has 0 heterocycles. The van der Waals surface area contributed by atoms with E-state index in [4.69, 9.17) is 0 Å². The maximum absolute atomic E-state index is 13.4. The molecule has 6 nitrogen and oxygen atoms in total. The van der Waals surface area contributed by atoms with Gasteiger partial charge in [0.2, 0.25) is 15.8 Å². The lowest BCUT2D eigenvalue weighted by Crippen LogP contribution is -2.30. The summed E-state index contributed by atoms with van der Waals surface area (Å²) in [6.45, 7) is 1.91. The number of hydrogen-bond donors (Lipinski definition) is 1. The highest BCUT2D eigenvalue weighted by atomic mass is 32.2. The van der Waals surface area contributed by atoms with Crippen LogP contribution in [0.15, 0.2) is 23.1 Å². The average molecular weight is 308 g/mol. The fourth-order valence-electron chi connectivity index (χ4n) is 1.28. The van der Waals surface area contributed by atoms with Gasteiger partial charge in [0.25, 0.3) is 0 Å². The predicted octanol–water partition coefficient (Wildman–Crippen LogP) is 1.76. The lowest BCUT2D eigenvalue weighted by Gasteiger charge is -2.10. The van der Waals surface area contributed by atoms with Crippen molar-refractivity contribution < 1.29 is 17.7 Å². The fraction of sp³-hybridized carbons (Fsp3) is 0.400. The second-order valence-electron chi connectivity index (χ2n) is 3.74. The topological polar surface area (TPSA) is 89.3 Å². The molecule has 0 aliphatic heterocycles. The molecule has 0 bridgehead atoms. The zero-order chi connectivity index (χ0) is 14.6. The summed E-state index contributed by atoms with van der Waals surface area (Å²) in [5, 5.41) is 10.8. The van der Waals surface area contributed by atoms with Crippen LogP contribution < -0.4 is 4.72 Å². The highest BCUT2D eigenvalue weighted by molar-refractivity contribution is 7.99. The summed E-state index contributed by atoms with van der Waals surface area (Å²) in [7, 11) is -4.11. The van der Waals surface area contributed by atoms with Gasteiger partial charge >= 0.3 is 5.69 Å². The molecule has 0 spiro atoms. The van der Waals surface area contributed by atoms with Crippen LogP contribution in [0.25, 0.3) is 0 Å². The summed E-state index contributed by atoms with van der Waals surface area (Å²) in [6, 6.07) is 2.98. The molecule has 0 radical (unpaired) electrons. The van der Waals surface area contributed by atoms with Gasteiger partial charge in [-0.15, -0.1) is 0 Å². The van der Waals surface area contributed by atoms with Crippen molar-refractivity contribution in [2.75, 3.05) is 12.8 Å². The summed E-state index contributed by atoms with van der Waals surface area (Å²) in [5.41, 5.74) is -1.04. The van der Waals surface area contributed by atoms with Crippen molar-refractivity contribution in [2.24, 2.45) is 0 Å².